The summed E-state index contributed by atoms with van der Waals surface area (Å²) < 4.78 is 1.72. The maximum absolute atomic E-state index is 12.4. The average molecular weight is 426 g/mol. The maximum atomic E-state index is 12.4. The molecule has 4 aromatic rings. The summed E-state index contributed by atoms with van der Waals surface area (Å²) in [4.78, 5) is 27.2. The van der Waals surface area contributed by atoms with Gasteiger partial charge in [-0.05, 0) is 42.0 Å². The minimum absolute atomic E-state index is 0.0209. The number of anilines is 1. The predicted octanol–water partition coefficient (Wildman–Crippen LogP) is 4.08. The van der Waals surface area contributed by atoms with Gasteiger partial charge in [0.1, 0.15) is 6.33 Å². The molecular weight excluding hydrogens is 408 g/mol. The third kappa shape index (κ3) is 4.68. The predicted molar refractivity (Wildman–Crippen MR) is 120 cm³/mol. The van der Waals surface area contributed by atoms with Crippen molar-refractivity contribution < 1.29 is 9.72 Å². The number of hydrogen-bond acceptors (Lipinski definition) is 5. The Morgan fingerprint density at radius 1 is 0.938 bits per heavy atom. The fourth-order valence-corrected chi connectivity index (χ4v) is 3.06. The fraction of sp³-hybridized carbons (Fsp3) is 0. The summed E-state index contributed by atoms with van der Waals surface area (Å²) in [6.07, 6.45) is 3.18. The van der Waals surface area contributed by atoms with Crippen molar-refractivity contribution in [1.29, 1.82) is 0 Å². The number of rotatable bonds is 5. The largest absolute Gasteiger partial charge is 0.339 e. The molecular formula is C23H18N6O3. The van der Waals surface area contributed by atoms with Gasteiger partial charge in [0, 0.05) is 35.3 Å². The zero-order valence-electron chi connectivity index (χ0n) is 16.8. The van der Waals surface area contributed by atoms with Crippen molar-refractivity contribution in [1.82, 2.24) is 15.0 Å². The second-order valence-electron chi connectivity index (χ2n) is 6.68. The molecule has 0 unspecified atom stereocenters. The minimum Gasteiger partial charge on any atom is -0.307 e. The molecule has 1 aromatic heterocycles. The number of nitrogens with one attached hydrogen (secondary N) is 2. The summed E-state index contributed by atoms with van der Waals surface area (Å²) in [6.45, 7) is 0. The van der Waals surface area contributed by atoms with Crippen LogP contribution in [-0.2, 0) is 0 Å². The fourth-order valence-electron chi connectivity index (χ4n) is 3.06. The van der Waals surface area contributed by atoms with Crippen molar-refractivity contribution in [3.63, 3.8) is 0 Å². The summed E-state index contributed by atoms with van der Waals surface area (Å²) in [5, 5.41) is 18.0. The van der Waals surface area contributed by atoms with E-state index in [1.807, 2.05) is 48.5 Å². The van der Waals surface area contributed by atoms with Crippen LogP contribution >= 0.6 is 0 Å². The molecule has 4 rings (SSSR count). The van der Waals surface area contributed by atoms with Gasteiger partial charge in [-0.3, -0.25) is 14.7 Å². The molecule has 0 spiro atoms. The lowest BCUT2D eigenvalue weighted by molar-refractivity contribution is -0.384. The average Bonchev–Trinajstić information content (AvgIpc) is 2.84. The highest BCUT2D eigenvalue weighted by Crippen LogP contribution is 2.19. The van der Waals surface area contributed by atoms with Crippen LogP contribution in [0.5, 0.6) is 0 Å². The number of non-ortho nitro benzene ring substituents is 1. The molecule has 0 saturated heterocycles. The molecule has 0 aliphatic rings. The van der Waals surface area contributed by atoms with E-state index in [0.717, 1.165) is 5.69 Å². The Morgan fingerprint density at radius 2 is 1.59 bits per heavy atom. The van der Waals surface area contributed by atoms with Gasteiger partial charge >= 0.3 is 6.03 Å². The molecule has 0 atom stereocenters. The minimum atomic E-state index is -0.512. The molecule has 9 heteroatoms. The van der Waals surface area contributed by atoms with Gasteiger partial charge in [-0.15, -0.1) is 0 Å². The summed E-state index contributed by atoms with van der Waals surface area (Å²) in [7, 11) is 0. The SMILES string of the molecule is O=C(N/N=c1/c(-c2ccc([N+](=O)[O-])cc2)cncn1-c1ccccc1)Nc1ccccc1. The second kappa shape index (κ2) is 9.35. The van der Waals surface area contributed by atoms with E-state index >= 15 is 0 Å². The van der Waals surface area contributed by atoms with E-state index < -0.39 is 11.0 Å². The molecule has 0 saturated carbocycles. The number of nitro groups is 1. The number of aromatic nitrogens is 2. The van der Waals surface area contributed by atoms with Crippen LogP contribution in [0.4, 0.5) is 16.2 Å². The van der Waals surface area contributed by atoms with Gasteiger partial charge in [-0.25, -0.2) is 15.2 Å². The molecule has 1 heterocycles. The second-order valence-corrected chi connectivity index (χ2v) is 6.68. The smallest absolute Gasteiger partial charge is 0.307 e. The lowest BCUT2D eigenvalue weighted by Crippen LogP contribution is -2.31. The number of carbonyl (C=O) groups is 1. The first-order chi connectivity index (χ1) is 15.6. The van der Waals surface area contributed by atoms with Crippen LogP contribution < -0.4 is 16.2 Å². The third-order valence-corrected chi connectivity index (χ3v) is 4.57. The number of benzene rings is 3. The first-order valence-electron chi connectivity index (χ1n) is 9.64. The monoisotopic (exact) mass is 426 g/mol. The Hall–Kier alpha value is -4.79. The number of amides is 2. The van der Waals surface area contributed by atoms with Crippen LogP contribution in [0.15, 0.2) is 103 Å². The molecule has 0 radical (unpaired) electrons. The molecule has 3 aromatic carbocycles. The van der Waals surface area contributed by atoms with Crippen molar-refractivity contribution >= 4 is 17.4 Å². The summed E-state index contributed by atoms with van der Waals surface area (Å²) in [5.41, 5.74) is 5.57. The van der Waals surface area contributed by atoms with Gasteiger partial charge < -0.3 is 5.32 Å². The maximum Gasteiger partial charge on any atom is 0.339 e. The third-order valence-electron chi connectivity index (χ3n) is 4.57. The van der Waals surface area contributed by atoms with Gasteiger partial charge in [0.25, 0.3) is 5.69 Å². The molecule has 158 valence electrons. The summed E-state index contributed by atoms with van der Waals surface area (Å²) >= 11 is 0. The van der Waals surface area contributed by atoms with Crippen molar-refractivity contribution in [3.8, 4) is 16.8 Å². The number of hydrogen-bond donors (Lipinski definition) is 2. The Labute approximate surface area is 182 Å². The van der Waals surface area contributed by atoms with Crippen molar-refractivity contribution in [2.45, 2.75) is 0 Å². The highest BCUT2D eigenvalue weighted by Gasteiger charge is 2.11. The highest BCUT2D eigenvalue weighted by molar-refractivity contribution is 5.88. The van der Waals surface area contributed by atoms with E-state index in [2.05, 4.69) is 20.8 Å². The zero-order valence-corrected chi connectivity index (χ0v) is 16.8. The van der Waals surface area contributed by atoms with Crippen LogP contribution in [0.2, 0.25) is 0 Å². The number of urea groups is 1. The van der Waals surface area contributed by atoms with Gasteiger partial charge in [0.05, 0.1) is 4.92 Å². The van der Waals surface area contributed by atoms with Crippen LogP contribution in [0.25, 0.3) is 16.8 Å². The van der Waals surface area contributed by atoms with Crippen LogP contribution in [0.3, 0.4) is 0 Å². The Kier molecular flexibility index (Phi) is 5.98. The number of nitrogens with zero attached hydrogens (tertiary/aromatic N) is 4. The Morgan fingerprint density at radius 3 is 2.25 bits per heavy atom. The molecule has 0 bridgehead atoms. The number of para-hydroxylation sites is 2. The Balaban J connectivity index is 1.76. The molecule has 2 amide bonds. The molecule has 0 aliphatic carbocycles. The van der Waals surface area contributed by atoms with Gasteiger partial charge in [0.15, 0.2) is 5.49 Å². The molecule has 2 N–H and O–H groups in total. The van der Waals surface area contributed by atoms with Crippen molar-refractivity contribution in [2.24, 2.45) is 5.10 Å². The van der Waals surface area contributed by atoms with Crippen molar-refractivity contribution in [3.05, 3.63) is 113 Å². The molecule has 9 nitrogen and oxygen atoms in total. The van der Waals surface area contributed by atoms with E-state index in [0.29, 0.717) is 22.3 Å². The molecule has 0 aliphatic heterocycles. The van der Waals surface area contributed by atoms with E-state index in [1.54, 1.807) is 41.4 Å². The van der Waals surface area contributed by atoms with Crippen LogP contribution in [0.1, 0.15) is 0 Å². The van der Waals surface area contributed by atoms with Gasteiger partial charge in [0.2, 0.25) is 0 Å². The lowest BCUT2D eigenvalue weighted by atomic mass is 10.1. The van der Waals surface area contributed by atoms with E-state index in [4.69, 9.17) is 0 Å². The van der Waals surface area contributed by atoms with Crippen LogP contribution in [-0.4, -0.2) is 20.5 Å². The lowest BCUT2D eigenvalue weighted by Gasteiger charge is -2.11. The molecule has 32 heavy (non-hydrogen) atoms. The van der Waals surface area contributed by atoms with E-state index in [-0.39, 0.29) is 5.69 Å². The summed E-state index contributed by atoms with van der Waals surface area (Å²) in [5.74, 6) is 0. The standard InChI is InChI=1S/C23H18N6O3/c30-23(25-18-7-3-1-4-8-18)27-26-22-21(17-11-13-20(14-12-17)29(31)32)15-24-16-28(22)19-9-5-2-6-10-19/h1-16H,(H2,25,27,30)/b26-22-. The van der Waals surface area contributed by atoms with Gasteiger partial charge in [-0.2, -0.15) is 5.10 Å². The van der Waals surface area contributed by atoms with E-state index in [1.165, 1.54) is 12.1 Å². The van der Waals surface area contributed by atoms with Gasteiger partial charge in [-0.1, -0.05) is 36.4 Å². The number of nitro benzene ring substituents is 1. The quantitative estimate of drug-likeness (QED) is 0.369. The first kappa shape index (κ1) is 20.5. The highest BCUT2D eigenvalue weighted by atomic mass is 16.6. The normalized spacial score (nSPS) is 11.1. The molecule has 0 fully saturated rings. The Bertz CT molecular complexity index is 1300. The van der Waals surface area contributed by atoms with E-state index in [9.17, 15) is 14.9 Å². The number of carbonyl (C=O) groups excluding carboxylic acids is 1. The topological polar surface area (TPSA) is 114 Å². The first-order valence-corrected chi connectivity index (χ1v) is 9.64. The summed E-state index contributed by atoms with van der Waals surface area (Å²) in [6, 6.07) is 23.9. The van der Waals surface area contributed by atoms with Crippen molar-refractivity contribution in [2.75, 3.05) is 5.32 Å². The zero-order chi connectivity index (χ0) is 22.3. The van der Waals surface area contributed by atoms with Crippen LogP contribution in [0, 0.1) is 10.1 Å².